The number of hydrogen-bond donors (Lipinski definition) is 2. The summed E-state index contributed by atoms with van der Waals surface area (Å²) < 4.78 is 11.2. The number of carbonyl (C=O) groups excluding carboxylic acids is 1. The highest BCUT2D eigenvalue weighted by atomic mass is 16.5. The first kappa shape index (κ1) is 19.0. The average Bonchev–Trinajstić information content (AvgIpc) is 3.33. The van der Waals surface area contributed by atoms with Gasteiger partial charge < -0.3 is 25.0 Å². The molecule has 1 amide bonds. The number of carbonyl (C=O) groups is 1. The summed E-state index contributed by atoms with van der Waals surface area (Å²) in [7, 11) is 5.67. The Labute approximate surface area is 156 Å². The van der Waals surface area contributed by atoms with Crippen LogP contribution in [0.5, 0.6) is 11.5 Å². The molecule has 0 bridgehead atoms. The summed E-state index contributed by atoms with van der Waals surface area (Å²) in [5.41, 5.74) is 1.30. The standard InChI is InChI=1S/C20H31N3O3/c1-23(2)10-11-26-17-5-4-15(12-18(17)25-3)14-22-19(24)16-13-20(16)6-8-21-9-7-20/h4-5,12,16,21H,6-11,13-14H2,1-3H3,(H,22,24). The lowest BCUT2D eigenvalue weighted by atomic mass is 9.92. The molecular formula is C20H31N3O3. The van der Waals surface area contributed by atoms with Crippen LogP contribution >= 0.6 is 0 Å². The van der Waals surface area contributed by atoms with Crippen LogP contribution in [-0.4, -0.2) is 58.3 Å². The molecule has 1 aliphatic carbocycles. The van der Waals surface area contributed by atoms with Crippen LogP contribution in [0.4, 0.5) is 0 Å². The summed E-state index contributed by atoms with van der Waals surface area (Å²) in [6, 6.07) is 5.85. The number of nitrogens with zero attached hydrogens (tertiary/aromatic N) is 1. The van der Waals surface area contributed by atoms with E-state index in [0.717, 1.165) is 50.2 Å². The van der Waals surface area contributed by atoms with Crippen molar-refractivity contribution in [1.29, 1.82) is 0 Å². The molecule has 1 saturated carbocycles. The first-order chi connectivity index (χ1) is 12.5. The zero-order chi connectivity index (χ0) is 18.6. The lowest BCUT2D eigenvalue weighted by Gasteiger charge is -2.23. The molecule has 1 heterocycles. The smallest absolute Gasteiger partial charge is 0.223 e. The predicted octanol–water partition coefficient (Wildman–Crippen LogP) is 1.64. The molecular weight excluding hydrogens is 330 g/mol. The van der Waals surface area contributed by atoms with Crippen LogP contribution < -0.4 is 20.1 Å². The minimum atomic E-state index is 0.192. The van der Waals surface area contributed by atoms with E-state index in [-0.39, 0.29) is 17.2 Å². The number of rotatable bonds is 8. The second-order valence-electron chi connectivity index (χ2n) is 7.72. The summed E-state index contributed by atoms with van der Waals surface area (Å²) in [6.45, 7) is 4.06. The number of benzene rings is 1. The first-order valence-electron chi connectivity index (χ1n) is 9.47. The highest BCUT2D eigenvalue weighted by molar-refractivity contribution is 5.82. The normalized spacial score (nSPS) is 20.8. The van der Waals surface area contributed by atoms with Gasteiger partial charge >= 0.3 is 0 Å². The molecule has 26 heavy (non-hydrogen) atoms. The van der Waals surface area contributed by atoms with Crippen LogP contribution in [0.1, 0.15) is 24.8 Å². The first-order valence-corrected chi connectivity index (χ1v) is 9.47. The van der Waals surface area contributed by atoms with Crippen LogP contribution in [0.25, 0.3) is 0 Å². The van der Waals surface area contributed by atoms with E-state index in [0.29, 0.717) is 18.9 Å². The molecule has 3 rings (SSSR count). The third-order valence-electron chi connectivity index (χ3n) is 5.60. The van der Waals surface area contributed by atoms with Crippen molar-refractivity contribution in [2.75, 3.05) is 47.4 Å². The van der Waals surface area contributed by atoms with E-state index in [2.05, 4.69) is 15.5 Å². The Kier molecular flexibility index (Phi) is 6.04. The number of methoxy groups -OCH3 is 1. The Bertz CT molecular complexity index is 627. The van der Waals surface area contributed by atoms with Crippen molar-refractivity contribution in [2.45, 2.75) is 25.8 Å². The third kappa shape index (κ3) is 4.48. The Morgan fingerprint density at radius 2 is 2.08 bits per heavy atom. The van der Waals surface area contributed by atoms with Gasteiger partial charge in [-0.3, -0.25) is 4.79 Å². The topological polar surface area (TPSA) is 62.8 Å². The highest BCUT2D eigenvalue weighted by Crippen LogP contribution is 2.58. The van der Waals surface area contributed by atoms with Crippen molar-refractivity contribution >= 4 is 5.91 Å². The maximum Gasteiger partial charge on any atom is 0.223 e. The fourth-order valence-corrected chi connectivity index (χ4v) is 3.79. The van der Waals surface area contributed by atoms with E-state index in [9.17, 15) is 4.79 Å². The molecule has 1 atom stereocenters. The maximum atomic E-state index is 12.5. The summed E-state index contributed by atoms with van der Waals surface area (Å²) >= 11 is 0. The molecule has 1 saturated heterocycles. The third-order valence-corrected chi connectivity index (χ3v) is 5.60. The van der Waals surface area contributed by atoms with Crippen LogP contribution in [0.3, 0.4) is 0 Å². The molecule has 144 valence electrons. The molecule has 2 N–H and O–H groups in total. The number of piperidine rings is 1. The van der Waals surface area contributed by atoms with Gasteiger partial charge in [0.1, 0.15) is 6.61 Å². The van der Waals surface area contributed by atoms with Gasteiger partial charge in [-0.2, -0.15) is 0 Å². The highest BCUT2D eigenvalue weighted by Gasteiger charge is 2.57. The summed E-state index contributed by atoms with van der Waals surface area (Å²) in [6.07, 6.45) is 3.29. The molecule has 0 aromatic heterocycles. The van der Waals surface area contributed by atoms with Gasteiger partial charge in [0.05, 0.1) is 7.11 Å². The largest absolute Gasteiger partial charge is 0.493 e. The lowest BCUT2D eigenvalue weighted by molar-refractivity contribution is -0.123. The predicted molar refractivity (Wildman–Crippen MR) is 102 cm³/mol. The number of amides is 1. The van der Waals surface area contributed by atoms with Crippen molar-refractivity contribution in [3.63, 3.8) is 0 Å². The van der Waals surface area contributed by atoms with Crippen molar-refractivity contribution in [2.24, 2.45) is 11.3 Å². The van der Waals surface area contributed by atoms with Gasteiger partial charge in [0.15, 0.2) is 11.5 Å². The summed E-state index contributed by atoms with van der Waals surface area (Å²) in [5.74, 6) is 1.83. The SMILES string of the molecule is COc1cc(CNC(=O)C2CC23CCNCC3)ccc1OCCN(C)C. The molecule has 2 fully saturated rings. The quantitative estimate of drug-likeness (QED) is 0.737. The van der Waals surface area contributed by atoms with Gasteiger partial charge in [-0.15, -0.1) is 0 Å². The Morgan fingerprint density at radius 1 is 1.31 bits per heavy atom. The number of hydrogen-bond acceptors (Lipinski definition) is 5. The minimum absolute atomic E-state index is 0.192. The molecule has 6 nitrogen and oxygen atoms in total. The maximum absolute atomic E-state index is 12.5. The van der Waals surface area contributed by atoms with Gasteiger partial charge in [0.25, 0.3) is 0 Å². The second-order valence-corrected chi connectivity index (χ2v) is 7.72. The average molecular weight is 361 g/mol. The summed E-state index contributed by atoms with van der Waals surface area (Å²) in [4.78, 5) is 14.6. The molecule has 2 aliphatic rings. The summed E-state index contributed by atoms with van der Waals surface area (Å²) in [5, 5.41) is 6.48. The molecule has 0 radical (unpaired) electrons. The van der Waals surface area contributed by atoms with E-state index in [1.165, 1.54) is 0 Å². The van der Waals surface area contributed by atoms with E-state index >= 15 is 0 Å². The molecule has 6 heteroatoms. The molecule has 1 unspecified atom stereocenters. The van der Waals surface area contributed by atoms with Gasteiger partial charge in [0, 0.05) is 19.0 Å². The zero-order valence-corrected chi connectivity index (χ0v) is 16.1. The van der Waals surface area contributed by atoms with Gasteiger partial charge in [-0.05, 0) is 69.6 Å². The van der Waals surface area contributed by atoms with Crippen LogP contribution in [0.15, 0.2) is 18.2 Å². The number of nitrogens with one attached hydrogen (secondary N) is 2. The lowest BCUT2D eigenvalue weighted by Crippen LogP contribution is -2.33. The Morgan fingerprint density at radius 3 is 2.77 bits per heavy atom. The molecule has 1 aromatic carbocycles. The van der Waals surface area contributed by atoms with Crippen LogP contribution in [0.2, 0.25) is 0 Å². The van der Waals surface area contributed by atoms with E-state index in [1.807, 2.05) is 32.3 Å². The van der Waals surface area contributed by atoms with Crippen molar-refractivity contribution < 1.29 is 14.3 Å². The van der Waals surface area contributed by atoms with Crippen LogP contribution in [-0.2, 0) is 11.3 Å². The fraction of sp³-hybridized carbons (Fsp3) is 0.650. The van der Waals surface area contributed by atoms with Gasteiger partial charge in [0.2, 0.25) is 5.91 Å². The second kappa shape index (κ2) is 8.27. The molecule has 1 aromatic rings. The number of likely N-dealkylation sites (N-methyl/N-ethyl adjacent to an activating group) is 1. The van der Waals surface area contributed by atoms with Crippen molar-refractivity contribution in [1.82, 2.24) is 15.5 Å². The monoisotopic (exact) mass is 361 g/mol. The molecule has 1 spiro atoms. The van der Waals surface area contributed by atoms with E-state index < -0.39 is 0 Å². The van der Waals surface area contributed by atoms with Crippen LogP contribution in [0, 0.1) is 11.3 Å². The fourth-order valence-electron chi connectivity index (χ4n) is 3.79. The van der Waals surface area contributed by atoms with E-state index in [1.54, 1.807) is 7.11 Å². The van der Waals surface area contributed by atoms with E-state index in [4.69, 9.17) is 9.47 Å². The molecule has 1 aliphatic heterocycles. The Balaban J connectivity index is 1.51. The van der Waals surface area contributed by atoms with Gasteiger partial charge in [-0.25, -0.2) is 0 Å². The van der Waals surface area contributed by atoms with Gasteiger partial charge in [-0.1, -0.05) is 6.07 Å². The Hall–Kier alpha value is -1.79. The van der Waals surface area contributed by atoms with Crippen molar-refractivity contribution in [3.05, 3.63) is 23.8 Å². The zero-order valence-electron chi connectivity index (χ0n) is 16.1. The van der Waals surface area contributed by atoms with Crippen molar-refractivity contribution in [3.8, 4) is 11.5 Å². The minimum Gasteiger partial charge on any atom is -0.493 e. The number of ether oxygens (including phenoxy) is 2.